The quantitative estimate of drug-likeness (QED) is 0.170. The highest BCUT2D eigenvalue weighted by molar-refractivity contribution is 14.1. The number of carboxylic acid groups (broad SMARTS) is 1. The maximum absolute atomic E-state index is 10.9. The highest BCUT2D eigenvalue weighted by Crippen LogP contribution is 2.24. The molecule has 2 aromatic rings. The lowest BCUT2D eigenvalue weighted by Gasteiger charge is -2.14. The SMILES string of the molecule is CCCCCCCCCCOc1ccc(CC(O)c2cccc(I)c2)nc1C=CCC(=O)O. The minimum Gasteiger partial charge on any atom is -0.491 e. The average molecular weight is 565 g/mol. The van der Waals surface area contributed by atoms with Gasteiger partial charge in [-0.05, 0) is 64.9 Å². The van der Waals surface area contributed by atoms with E-state index in [4.69, 9.17) is 9.84 Å². The lowest BCUT2D eigenvalue weighted by atomic mass is 10.0. The minimum atomic E-state index is -0.891. The van der Waals surface area contributed by atoms with Crippen LogP contribution in [-0.4, -0.2) is 27.8 Å². The van der Waals surface area contributed by atoms with Crippen LogP contribution in [0.4, 0.5) is 0 Å². The number of nitrogens with zero attached hydrogens (tertiary/aromatic N) is 1. The van der Waals surface area contributed by atoms with E-state index >= 15 is 0 Å². The van der Waals surface area contributed by atoms with Crippen LogP contribution in [0.2, 0.25) is 0 Å². The van der Waals surface area contributed by atoms with Gasteiger partial charge in [0, 0.05) is 15.7 Å². The summed E-state index contributed by atoms with van der Waals surface area (Å²) in [5.41, 5.74) is 2.18. The zero-order valence-electron chi connectivity index (χ0n) is 19.5. The number of halogens is 1. The van der Waals surface area contributed by atoms with Crippen molar-refractivity contribution < 1.29 is 19.7 Å². The Labute approximate surface area is 211 Å². The van der Waals surface area contributed by atoms with Gasteiger partial charge in [-0.15, -0.1) is 0 Å². The number of aliphatic hydroxyl groups excluding tert-OH is 1. The highest BCUT2D eigenvalue weighted by Gasteiger charge is 2.12. The van der Waals surface area contributed by atoms with Gasteiger partial charge in [0.05, 0.1) is 19.1 Å². The number of pyridine rings is 1. The van der Waals surface area contributed by atoms with Crippen LogP contribution in [-0.2, 0) is 11.2 Å². The molecular weight excluding hydrogens is 529 g/mol. The summed E-state index contributed by atoms with van der Waals surface area (Å²) in [7, 11) is 0. The Bertz CT molecular complexity index is 884. The second kappa shape index (κ2) is 15.8. The summed E-state index contributed by atoms with van der Waals surface area (Å²) >= 11 is 2.23. The number of aromatic nitrogens is 1. The summed E-state index contributed by atoms with van der Waals surface area (Å²) < 4.78 is 7.04. The molecule has 1 atom stereocenters. The maximum Gasteiger partial charge on any atom is 0.307 e. The van der Waals surface area contributed by atoms with Gasteiger partial charge in [-0.2, -0.15) is 0 Å². The fourth-order valence-electron chi connectivity index (χ4n) is 3.58. The summed E-state index contributed by atoms with van der Waals surface area (Å²) in [4.78, 5) is 15.5. The molecule has 6 heteroatoms. The Balaban J connectivity index is 1.95. The van der Waals surface area contributed by atoms with Crippen LogP contribution < -0.4 is 4.74 Å². The number of carboxylic acids is 1. The topological polar surface area (TPSA) is 79.7 Å². The van der Waals surface area contributed by atoms with Crippen LogP contribution in [0.5, 0.6) is 5.75 Å². The molecule has 0 fully saturated rings. The zero-order chi connectivity index (χ0) is 23.9. The molecule has 0 saturated carbocycles. The molecule has 0 aliphatic heterocycles. The van der Waals surface area contributed by atoms with Gasteiger partial charge in [0.15, 0.2) is 0 Å². The third-order valence-electron chi connectivity index (χ3n) is 5.40. The van der Waals surface area contributed by atoms with Crippen molar-refractivity contribution in [2.75, 3.05) is 6.61 Å². The molecule has 180 valence electrons. The van der Waals surface area contributed by atoms with Crippen molar-refractivity contribution in [3.05, 3.63) is 63.0 Å². The second-order valence-corrected chi connectivity index (χ2v) is 9.53. The van der Waals surface area contributed by atoms with Crippen LogP contribution in [0.25, 0.3) is 6.08 Å². The Morgan fingerprint density at radius 1 is 1.09 bits per heavy atom. The van der Waals surface area contributed by atoms with Crippen molar-refractivity contribution in [2.45, 2.75) is 77.2 Å². The van der Waals surface area contributed by atoms with Crippen molar-refractivity contribution in [3.63, 3.8) is 0 Å². The van der Waals surface area contributed by atoms with E-state index in [0.29, 0.717) is 24.5 Å². The molecule has 1 heterocycles. The Morgan fingerprint density at radius 2 is 1.82 bits per heavy atom. The van der Waals surface area contributed by atoms with Gasteiger partial charge in [0.25, 0.3) is 0 Å². The number of hydrogen-bond donors (Lipinski definition) is 2. The Hall–Kier alpha value is -1.93. The van der Waals surface area contributed by atoms with E-state index in [2.05, 4.69) is 34.5 Å². The van der Waals surface area contributed by atoms with Crippen LogP contribution in [0.15, 0.2) is 42.5 Å². The second-order valence-electron chi connectivity index (χ2n) is 8.28. The highest BCUT2D eigenvalue weighted by atomic mass is 127. The first-order valence-corrected chi connectivity index (χ1v) is 13.0. The summed E-state index contributed by atoms with van der Waals surface area (Å²) in [6.07, 6.45) is 12.8. The number of hydrogen-bond acceptors (Lipinski definition) is 4. The first kappa shape index (κ1) is 27.3. The predicted octanol–water partition coefficient (Wildman–Crippen LogP) is 6.97. The van der Waals surface area contributed by atoms with Gasteiger partial charge in [0.2, 0.25) is 0 Å². The van der Waals surface area contributed by atoms with Gasteiger partial charge in [-0.25, -0.2) is 4.98 Å². The molecule has 0 saturated heterocycles. The fourth-order valence-corrected chi connectivity index (χ4v) is 4.15. The molecule has 1 aromatic heterocycles. The minimum absolute atomic E-state index is 0.0749. The van der Waals surface area contributed by atoms with E-state index in [1.165, 1.54) is 38.5 Å². The van der Waals surface area contributed by atoms with Gasteiger partial charge in [-0.3, -0.25) is 4.79 Å². The van der Waals surface area contributed by atoms with Gasteiger partial charge >= 0.3 is 5.97 Å². The Morgan fingerprint density at radius 3 is 2.52 bits per heavy atom. The Kier molecular flexibility index (Phi) is 13.1. The molecular formula is C27H36INO4. The first-order chi connectivity index (χ1) is 16.0. The number of aliphatic carboxylic acids is 1. The summed E-state index contributed by atoms with van der Waals surface area (Å²) in [5.74, 6) is -0.245. The largest absolute Gasteiger partial charge is 0.491 e. The number of ether oxygens (including phenoxy) is 1. The summed E-state index contributed by atoms with van der Waals surface area (Å²) in [5, 5.41) is 19.6. The fraction of sp³-hybridized carbons (Fsp3) is 0.481. The van der Waals surface area contributed by atoms with Crippen LogP contribution >= 0.6 is 22.6 Å². The van der Waals surface area contributed by atoms with E-state index in [1.807, 2.05) is 36.4 Å². The van der Waals surface area contributed by atoms with Crippen molar-refractivity contribution in [3.8, 4) is 5.75 Å². The van der Waals surface area contributed by atoms with Crippen LogP contribution in [0.3, 0.4) is 0 Å². The smallest absolute Gasteiger partial charge is 0.307 e. The molecule has 0 spiro atoms. The third kappa shape index (κ3) is 11.2. The molecule has 1 unspecified atom stereocenters. The number of benzene rings is 1. The predicted molar refractivity (Wildman–Crippen MR) is 141 cm³/mol. The molecule has 0 aliphatic rings. The molecule has 2 rings (SSSR count). The molecule has 1 aromatic carbocycles. The van der Waals surface area contributed by atoms with Crippen molar-refractivity contribution in [1.82, 2.24) is 4.98 Å². The number of aliphatic hydroxyl groups is 1. The standard InChI is InChI=1S/C27H36INO4/c1-2-3-4-5-6-7-8-9-18-33-26-17-16-23(29-24(26)14-11-15-27(31)32)20-25(30)21-12-10-13-22(28)19-21/h10-14,16-17,19,25,30H,2-9,15,18,20H2,1H3,(H,31,32). The van der Waals surface area contributed by atoms with Gasteiger partial charge in [-0.1, -0.05) is 70.1 Å². The van der Waals surface area contributed by atoms with E-state index in [1.54, 1.807) is 12.2 Å². The van der Waals surface area contributed by atoms with Gasteiger partial charge < -0.3 is 14.9 Å². The summed E-state index contributed by atoms with van der Waals surface area (Å²) in [6.45, 7) is 2.84. The summed E-state index contributed by atoms with van der Waals surface area (Å²) in [6, 6.07) is 11.5. The molecule has 33 heavy (non-hydrogen) atoms. The van der Waals surface area contributed by atoms with E-state index in [9.17, 15) is 9.90 Å². The molecule has 0 radical (unpaired) electrons. The normalized spacial score (nSPS) is 12.2. The molecule has 0 aliphatic carbocycles. The molecule has 0 amide bonds. The molecule has 2 N–H and O–H groups in total. The third-order valence-corrected chi connectivity index (χ3v) is 6.07. The first-order valence-electron chi connectivity index (χ1n) is 11.9. The van der Waals surface area contributed by atoms with Crippen molar-refractivity contribution in [2.24, 2.45) is 0 Å². The monoisotopic (exact) mass is 565 g/mol. The average Bonchev–Trinajstić information content (AvgIpc) is 2.79. The number of carbonyl (C=O) groups is 1. The van der Waals surface area contributed by atoms with E-state index in [-0.39, 0.29) is 6.42 Å². The number of unbranched alkanes of at least 4 members (excludes halogenated alkanes) is 7. The lowest BCUT2D eigenvalue weighted by molar-refractivity contribution is -0.135. The van der Waals surface area contributed by atoms with Crippen LogP contribution in [0.1, 0.15) is 87.8 Å². The zero-order valence-corrected chi connectivity index (χ0v) is 21.7. The van der Waals surface area contributed by atoms with Crippen LogP contribution in [0, 0.1) is 3.57 Å². The van der Waals surface area contributed by atoms with E-state index < -0.39 is 12.1 Å². The lowest BCUT2D eigenvalue weighted by Crippen LogP contribution is -2.06. The maximum atomic E-state index is 10.9. The number of rotatable bonds is 16. The van der Waals surface area contributed by atoms with Gasteiger partial charge in [0.1, 0.15) is 11.4 Å². The molecule has 0 bridgehead atoms. The van der Waals surface area contributed by atoms with Crippen molar-refractivity contribution >= 4 is 34.6 Å². The van der Waals surface area contributed by atoms with E-state index in [0.717, 1.165) is 27.7 Å². The molecule has 5 nitrogen and oxygen atoms in total. The van der Waals surface area contributed by atoms with Crippen molar-refractivity contribution in [1.29, 1.82) is 0 Å².